The van der Waals surface area contributed by atoms with Gasteiger partial charge in [-0.2, -0.15) is 0 Å². The number of carbonyl (C=O) groups excluding carboxylic acids is 3. The van der Waals surface area contributed by atoms with Gasteiger partial charge >= 0.3 is 17.9 Å². The maximum atomic E-state index is 12.0. The van der Waals surface area contributed by atoms with E-state index in [1.807, 2.05) is 0 Å². The molecule has 10 heteroatoms. The Balaban J connectivity index is 5.05. The van der Waals surface area contributed by atoms with E-state index in [-0.39, 0.29) is 6.61 Å². The van der Waals surface area contributed by atoms with Gasteiger partial charge in [-0.25, -0.2) is 0 Å². The number of hydrogen-bond acceptors (Lipinski definition) is 10. The number of esters is 3. The molecule has 4 N–H and O–H groups in total. The van der Waals surface area contributed by atoms with Crippen LogP contribution in [0.15, 0.2) is 0 Å². The number of aliphatic hydroxyl groups excluding tert-OH is 4. The first-order chi connectivity index (χ1) is 12.6. The Morgan fingerprint density at radius 3 is 1.52 bits per heavy atom. The number of hydrogen-bond donors (Lipinski definition) is 4. The van der Waals surface area contributed by atoms with Gasteiger partial charge in [-0.1, -0.05) is 5.92 Å². The summed E-state index contributed by atoms with van der Waals surface area (Å²) in [7, 11) is 0. The summed E-state index contributed by atoms with van der Waals surface area (Å²) >= 11 is 0. The molecule has 0 aliphatic heterocycles. The number of rotatable bonds is 12. The Hall–Kier alpha value is -2.19. The minimum Gasteiger partial charge on any atom is -0.464 e. The molecule has 0 heterocycles. The van der Waals surface area contributed by atoms with Gasteiger partial charge < -0.3 is 34.6 Å². The van der Waals surface area contributed by atoms with Gasteiger partial charge in [0.15, 0.2) is 6.61 Å². The molecule has 0 fully saturated rings. The van der Waals surface area contributed by atoms with Crippen LogP contribution in [0.4, 0.5) is 0 Å². The Bertz CT molecular complexity index is 508. The van der Waals surface area contributed by atoms with Crippen molar-refractivity contribution in [1.82, 2.24) is 0 Å². The summed E-state index contributed by atoms with van der Waals surface area (Å²) < 4.78 is 14.6. The molecule has 0 aliphatic rings. The fraction of sp³-hybridized carbons (Fsp3) is 0.706. The first-order valence-electron chi connectivity index (χ1n) is 8.02. The third-order valence-electron chi connectivity index (χ3n) is 3.84. The molecular formula is C17H26O10. The lowest BCUT2D eigenvalue weighted by Gasteiger charge is -2.25. The van der Waals surface area contributed by atoms with Crippen LogP contribution in [0.25, 0.3) is 0 Å². The SMILES string of the molecule is C#CCOC(=O)C(COC(=O)C(C)(CO)CO)COC(=O)C(C)(CO)CO. The van der Waals surface area contributed by atoms with Gasteiger partial charge in [0.1, 0.15) is 30.0 Å². The van der Waals surface area contributed by atoms with Crippen molar-refractivity contribution in [1.29, 1.82) is 0 Å². The third-order valence-corrected chi connectivity index (χ3v) is 3.84. The molecule has 0 radical (unpaired) electrons. The highest BCUT2D eigenvalue weighted by Crippen LogP contribution is 2.19. The van der Waals surface area contributed by atoms with Crippen LogP contribution in [0.5, 0.6) is 0 Å². The Morgan fingerprint density at radius 1 is 0.852 bits per heavy atom. The van der Waals surface area contributed by atoms with E-state index >= 15 is 0 Å². The van der Waals surface area contributed by atoms with E-state index in [0.717, 1.165) is 0 Å². The van der Waals surface area contributed by atoms with Crippen molar-refractivity contribution in [3.63, 3.8) is 0 Å². The molecule has 0 aliphatic carbocycles. The number of aliphatic hydroxyl groups is 4. The van der Waals surface area contributed by atoms with E-state index in [9.17, 15) is 34.8 Å². The van der Waals surface area contributed by atoms with E-state index in [1.165, 1.54) is 13.8 Å². The van der Waals surface area contributed by atoms with Crippen molar-refractivity contribution in [2.45, 2.75) is 13.8 Å². The Kier molecular flexibility index (Phi) is 10.6. The van der Waals surface area contributed by atoms with Gasteiger partial charge in [-0.3, -0.25) is 14.4 Å². The summed E-state index contributed by atoms with van der Waals surface area (Å²) in [6.07, 6.45) is 5.00. The lowest BCUT2D eigenvalue weighted by atomic mass is 9.93. The van der Waals surface area contributed by atoms with E-state index < -0.39 is 74.3 Å². The molecule has 0 saturated heterocycles. The molecule has 0 bridgehead atoms. The zero-order chi connectivity index (χ0) is 21.1. The molecule has 0 spiro atoms. The summed E-state index contributed by atoms with van der Waals surface area (Å²) in [6, 6.07) is 0. The van der Waals surface area contributed by atoms with Crippen molar-refractivity contribution < 1.29 is 49.0 Å². The quantitative estimate of drug-likeness (QED) is 0.164. The van der Waals surface area contributed by atoms with Crippen LogP contribution in [0.2, 0.25) is 0 Å². The van der Waals surface area contributed by atoms with E-state index in [0.29, 0.717) is 0 Å². The van der Waals surface area contributed by atoms with Gasteiger partial charge in [0.25, 0.3) is 0 Å². The van der Waals surface area contributed by atoms with E-state index in [4.69, 9.17) is 20.6 Å². The van der Waals surface area contributed by atoms with Crippen LogP contribution in [0.1, 0.15) is 13.8 Å². The average molecular weight is 390 g/mol. The molecular weight excluding hydrogens is 364 g/mol. The third kappa shape index (κ3) is 7.15. The standard InChI is InChI=1S/C17H26O10/c1-4-5-25-13(22)12(6-26-14(23)16(2,8-18)9-19)7-27-15(24)17(3,10-20)11-21/h1,12,18-21H,5-11H2,2-3H3. The van der Waals surface area contributed by atoms with Crippen molar-refractivity contribution in [2.24, 2.45) is 16.7 Å². The second-order valence-corrected chi connectivity index (χ2v) is 6.46. The number of terminal acetylenes is 1. The van der Waals surface area contributed by atoms with Crippen molar-refractivity contribution >= 4 is 17.9 Å². The highest BCUT2D eigenvalue weighted by molar-refractivity contribution is 5.79. The fourth-order valence-electron chi connectivity index (χ4n) is 1.47. The van der Waals surface area contributed by atoms with E-state index in [2.05, 4.69) is 5.92 Å². The fourth-order valence-corrected chi connectivity index (χ4v) is 1.47. The van der Waals surface area contributed by atoms with Gasteiger partial charge in [0, 0.05) is 0 Å². The zero-order valence-electron chi connectivity index (χ0n) is 15.3. The molecule has 0 atom stereocenters. The molecule has 0 aromatic heterocycles. The first-order valence-corrected chi connectivity index (χ1v) is 8.02. The smallest absolute Gasteiger partial charge is 0.316 e. The lowest BCUT2D eigenvalue weighted by molar-refractivity contribution is -0.170. The topological polar surface area (TPSA) is 160 Å². The zero-order valence-corrected chi connectivity index (χ0v) is 15.3. The maximum Gasteiger partial charge on any atom is 0.316 e. The Labute approximate surface area is 157 Å². The molecule has 0 unspecified atom stereocenters. The van der Waals surface area contributed by atoms with Crippen molar-refractivity contribution in [3.8, 4) is 12.3 Å². The van der Waals surface area contributed by atoms with Crippen molar-refractivity contribution in [3.05, 3.63) is 0 Å². The molecule has 0 aromatic carbocycles. The lowest BCUT2D eigenvalue weighted by Crippen LogP contribution is -2.41. The van der Waals surface area contributed by atoms with Crippen LogP contribution in [-0.2, 0) is 28.6 Å². The predicted octanol–water partition coefficient (Wildman–Crippen LogP) is -2.15. The average Bonchev–Trinajstić information content (AvgIpc) is 2.69. The summed E-state index contributed by atoms with van der Waals surface area (Å²) in [5, 5.41) is 36.7. The molecule has 0 amide bonds. The van der Waals surface area contributed by atoms with E-state index in [1.54, 1.807) is 0 Å². The largest absolute Gasteiger partial charge is 0.464 e. The second-order valence-electron chi connectivity index (χ2n) is 6.46. The van der Waals surface area contributed by atoms with Crippen LogP contribution < -0.4 is 0 Å². The summed E-state index contributed by atoms with van der Waals surface area (Å²) in [5.74, 6) is -2.01. The molecule has 0 rings (SSSR count). The Morgan fingerprint density at radius 2 is 1.22 bits per heavy atom. The highest BCUT2D eigenvalue weighted by Gasteiger charge is 2.37. The summed E-state index contributed by atoms with van der Waals surface area (Å²) in [5.41, 5.74) is -3.15. The van der Waals surface area contributed by atoms with Gasteiger partial charge in [-0.05, 0) is 13.8 Å². The first kappa shape index (κ1) is 24.8. The molecule has 10 nitrogen and oxygen atoms in total. The van der Waals surface area contributed by atoms with Crippen molar-refractivity contribution in [2.75, 3.05) is 46.2 Å². The van der Waals surface area contributed by atoms with Crippen LogP contribution in [0, 0.1) is 29.1 Å². The highest BCUT2D eigenvalue weighted by atomic mass is 16.6. The monoisotopic (exact) mass is 390 g/mol. The predicted molar refractivity (Wildman–Crippen MR) is 89.8 cm³/mol. The second kappa shape index (κ2) is 11.5. The maximum absolute atomic E-state index is 12.0. The molecule has 0 aromatic rings. The number of ether oxygens (including phenoxy) is 3. The molecule has 154 valence electrons. The van der Waals surface area contributed by atoms with Crippen LogP contribution in [-0.4, -0.2) is 84.6 Å². The minimum absolute atomic E-state index is 0.354. The normalized spacial score (nSPS) is 11.6. The van der Waals surface area contributed by atoms with Crippen LogP contribution in [0.3, 0.4) is 0 Å². The van der Waals surface area contributed by atoms with Crippen LogP contribution >= 0.6 is 0 Å². The number of carbonyl (C=O) groups is 3. The summed E-state index contributed by atoms with van der Waals surface area (Å²) in [4.78, 5) is 35.9. The van der Waals surface area contributed by atoms with Gasteiger partial charge in [0.2, 0.25) is 0 Å². The molecule has 0 saturated carbocycles. The van der Waals surface area contributed by atoms with Gasteiger partial charge in [0.05, 0.1) is 26.4 Å². The molecule has 27 heavy (non-hydrogen) atoms. The summed E-state index contributed by atoms with van der Waals surface area (Å²) in [6.45, 7) is -1.72. The van der Waals surface area contributed by atoms with Gasteiger partial charge in [-0.15, -0.1) is 6.42 Å². The minimum atomic E-state index is -1.57.